The summed E-state index contributed by atoms with van der Waals surface area (Å²) in [6.07, 6.45) is 0. The normalized spacial score (nSPS) is 10.5. The number of benzene rings is 2. The van der Waals surface area contributed by atoms with E-state index >= 15 is 0 Å². The molecule has 0 radical (unpaired) electrons. The van der Waals surface area contributed by atoms with Gasteiger partial charge in [0.2, 0.25) is 0 Å². The van der Waals surface area contributed by atoms with Crippen molar-refractivity contribution in [3.63, 3.8) is 0 Å². The molecule has 0 aliphatic heterocycles. The van der Waals surface area contributed by atoms with Crippen molar-refractivity contribution in [3.05, 3.63) is 69.5 Å². The Labute approximate surface area is 119 Å². The maximum absolute atomic E-state index is 13.3. The fraction of sp³-hybridized carbons (Fsp3) is 0.143. The molecule has 0 saturated heterocycles. The number of hydrogen-bond donors (Lipinski definition) is 1. The first-order chi connectivity index (χ1) is 9.58. The maximum atomic E-state index is 13.3. The third-order valence-electron chi connectivity index (χ3n) is 2.66. The minimum Gasteiger partial charge on any atom is -0.392 e. The van der Waals surface area contributed by atoms with Gasteiger partial charge in [-0.1, -0.05) is 12.1 Å². The van der Waals surface area contributed by atoms with Crippen molar-refractivity contribution in [1.29, 1.82) is 0 Å². The number of aliphatic hydroxyl groups is 1. The molecule has 20 heavy (non-hydrogen) atoms. The number of aliphatic hydroxyl groups excluding tert-OH is 1. The van der Waals surface area contributed by atoms with E-state index in [9.17, 15) is 14.5 Å². The second-order valence-corrected chi connectivity index (χ2v) is 5.21. The largest absolute Gasteiger partial charge is 0.392 e. The Morgan fingerprint density at radius 2 is 1.85 bits per heavy atom. The van der Waals surface area contributed by atoms with Crippen LogP contribution in [0.1, 0.15) is 11.1 Å². The Balaban J connectivity index is 2.08. The van der Waals surface area contributed by atoms with Crippen LogP contribution in [-0.4, -0.2) is 10.0 Å². The van der Waals surface area contributed by atoms with Crippen LogP contribution in [0, 0.1) is 15.9 Å². The van der Waals surface area contributed by atoms with Crippen LogP contribution in [0.25, 0.3) is 0 Å². The molecule has 6 heteroatoms. The van der Waals surface area contributed by atoms with Crippen molar-refractivity contribution >= 4 is 17.4 Å². The van der Waals surface area contributed by atoms with E-state index in [4.69, 9.17) is 5.11 Å². The van der Waals surface area contributed by atoms with Gasteiger partial charge < -0.3 is 5.11 Å². The first-order valence-corrected chi connectivity index (χ1v) is 6.83. The number of thioether (sulfide) groups is 1. The molecule has 0 amide bonds. The SMILES string of the molecule is O=[N+]([O-])c1cc(F)cc(CSc2ccc(CO)cc2)c1. The van der Waals surface area contributed by atoms with Crippen molar-refractivity contribution in [3.8, 4) is 0 Å². The molecule has 0 heterocycles. The average molecular weight is 293 g/mol. The summed E-state index contributed by atoms with van der Waals surface area (Å²) in [5, 5.41) is 19.6. The molecule has 0 unspecified atom stereocenters. The van der Waals surface area contributed by atoms with Crippen LogP contribution in [0.15, 0.2) is 47.4 Å². The molecule has 2 aromatic carbocycles. The van der Waals surface area contributed by atoms with Gasteiger partial charge >= 0.3 is 0 Å². The smallest absolute Gasteiger partial charge is 0.272 e. The second kappa shape index (κ2) is 6.49. The van der Waals surface area contributed by atoms with Crippen LogP contribution in [0.4, 0.5) is 10.1 Å². The van der Waals surface area contributed by atoms with Crippen LogP contribution in [0.3, 0.4) is 0 Å². The fourth-order valence-electron chi connectivity index (χ4n) is 1.68. The first kappa shape index (κ1) is 14.5. The molecular weight excluding hydrogens is 281 g/mol. The van der Waals surface area contributed by atoms with E-state index in [1.54, 1.807) is 12.1 Å². The van der Waals surface area contributed by atoms with Gasteiger partial charge in [-0.25, -0.2) is 4.39 Å². The second-order valence-electron chi connectivity index (χ2n) is 4.17. The van der Waals surface area contributed by atoms with Crippen LogP contribution < -0.4 is 0 Å². The lowest BCUT2D eigenvalue weighted by Gasteiger charge is -2.04. The summed E-state index contributed by atoms with van der Waals surface area (Å²) >= 11 is 1.45. The van der Waals surface area contributed by atoms with E-state index < -0.39 is 10.7 Å². The molecule has 0 saturated carbocycles. The molecular formula is C14H12FNO3S. The zero-order valence-electron chi connectivity index (χ0n) is 10.5. The standard InChI is InChI=1S/C14H12FNO3S/c15-12-5-11(6-13(7-12)16(18)19)9-20-14-3-1-10(8-17)2-4-14/h1-7,17H,8-9H2. The number of halogens is 1. The quantitative estimate of drug-likeness (QED) is 0.520. The highest BCUT2D eigenvalue weighted by atomic mass is 32.2. The number of rotatable bonds is 5. The average Bonchev–Trinajstić information content (AvgIpc) is 2.45. The molecule has 2 aromatic rings. The third kappa shape index (κ3) is 3.79. The van der Waals surface area contributed by atoms with Gasteiger partial charge in [0.15, 0.2) is 0 Å². The molecule has 2 rings (SSSR count). The Bertz CT molecular complexity index is 616. The van der Waals surface area contributed by atoms with E-state index in [2.05, 4.69) is 0 Å². The van der Waals surface area contributed by atoms with Gasteiger partial charge in [-0.15, -0.1) is 11.8 Å². The minimum atomic E-state index is -0.606. The van der Waals surface area contributed by atoms with Crippen molar-refractivity contribution in [2.75, 3.05) is 0 Å². The minimum absolute atomic E-state index is 0.0129. The highest BCUT2D eigenvalue weighted by molar-refractivity contribution is 7.98. The van der Waals surface area contributed by atoms with Gasteiger partial charge in [0, 0.05) is 16.7 Å². The first-order valence-electron chi connectivity index (χ1n) is 5.85. The molecule has 0 aliphatic carbocycles. The van der Waals surface area contributed by atoms with Gasteiger partial charge in [0.1, 0.15) is 5.82 Å². The van der Waals surface area contributed by atoms with Crippen molar-refractivity contribution in [1.82, 2.24) is 0 Å². The number of hydrogen-bond acceptors (Lipinski definition) is 4. The lowest BCUT2D eigenvalue weighted by atomic mass is 10.2. The summed E-state index contributed by atoms with van der Waals surface area (Å²) in [6, 6.07) is 10.9. The molecule has 4 nitrogen and oxygen atoms in total. The van der Waals surface area contributed by atoms with Crippen molar-refractivity contribution in [2.24, 2.45) is 0 Å². The van der Waals surface area contributed by atoms with Crippen LogP contribution in [-0.2, 0) is 12.4 Å². The van der Waals surface area contributed by atoms with Gasteiger partial charge in [0.25, 0.3) is 5.69 Å². The Kier molecular flexibility index (Phi) is 4.70. The molecule has 0 fully saturated rings. The Morgan fingerprint density at radius 1 is 1.15 bits per heavy atom. The van der Waals surface area contributed by atoms with Crippen LogP contribution in [0.2, 0.25) is 0 Å². The van der Waals surface area contributed by atoms with E-state index in [0.29, 0.717) is 11.3 Å². The van der Waals surface area contributed by atoms with Gasteiger partial charge in [-0.3, -0.25) is 10.1 Å². The number of non-ortho nitro benzene ring substituents is 1. The fourth-order valence-corrected chi connectivity index (χ4v) is 2.51. The van der Waals surface area contributed by atoms with E-state index in [-0.39, 0.29) is 12.3 Å². The highest BCUT2D eigenvalue weighted by Crippen LogP contribution is 2.25. The van der Waals surface area contributed by atoms with E-state index in [1.807, 2.05) is 12.1 Å². The predicted octanol–water partition coefficient (Wildman–Crippen LogP) is 3.52. The van der Waals surface area contributed by atoms with Gasteiger partial charge in [-0.2, -0.15) is 0 Å². The number of nitro groups is 1. The van der Waals surface area contributed by atoms with E-state index in [0.717, 1.165) is 16.5 Å². The lowest BCUT2D eigenvalue weighted by Crippen LogP contribution is -1.92. The Hall–Kier alpha value is -1.92. The van der Waals surface area contributed by atoms with Gasteiger partial charge in [0.05, 0.1) is 17.6 Å². The third-order valence-corrected chi connectivity index (χ3v) is 3.75. The molecule has 104 valence electrons. The molecule has 0 aromatic heterocycles. The van der Waals surface area contributed by atoms with E-state index in [1.165, 1.54) is 23.9 Å². The zero-order valence-corrected chi connectivity index (χ0v) is 11.3. The zero-order chi connectivity index (χ0) is 14.5. The summed E-state index contributed by atoms with van der Waals surface area (Å²) in [4.78, 5) is 11.0. The summed E-state index contributed by atoms with van der Waals surface area (Å²) in [6.45, 7) is -0.0129. The van der Waals surface area contributed by atoms with Crippen molar-refractivity contribution < 1.29 is 14.4 Å². The number of nitrogens with zero attached hydrogens (tertiary/aromatic N) is 1. The summed E-state index contributed by atoms with van der Waals surface area (Å²) < 4.78 is 13.3. The number of nitro benzene ring substituents is 1. The summed E-state index contributed by atoms with van der Waals surface area (Å²) in [7, 11) is 0. The lowest BCUT2D eigenvalue weighted by molar-refractivity contribution is -0.385. The monoisotopic (exact) mass is 293 g/mol. The van der Waals surface area contributed by atoms with Crippen molar-refractivity contribution in [2.45, 2.75) is 17.3 Å². The highest BCUT2D eigenvalue weighted by Gasteiger charge is 2.10. The molecule has 0 bridgehead atoms. The van der Waals surface area contributed by atoms with Crippen LogP contribution in [0.5, 0.6) is 0 Å². The summed E-state index contributed by atoms with van der Waals surface area (Å²) in [5.74, 6) is -0.165. The molecule has 1 N–H and O–H groups in total. The summed E-state index contributed by atoms with van der Waals surface area (Å²) in [5.41, 5.74) is 1.14. The molecule has 0 spiro atoms. The van der Waals surface area contributed by atoms with Gasteiger partial charge in [-0.05, 0) is 29.3 Å². The topological polar surface area (TPSA) is 63.4 Å². The Morgan fingerprint density at radius 3 is 2.45 bits per heavy atom. The molecule has 0 aliphatic rings. The molecule has 0 atom stereocenters. The van der Waals surface area contributed by atoms with Crippen LogP contribution >= 0.6 is 11.8 Å². The predicted molar refractivity (Wildman–Crippen MR) is 75.0 cm³/mol. The maximum Gasteiger partial charge on any atom is 0.272 e.